The lowest BCUT2D eigenvalue weighted by atomic mass is 9.49. The molecule has 0 saturated heterocycles. The third kappa shape index (κ3) is 2.94. The number of rotatable bonds is 3. The molecule has 6 rings (SSSR count). The van der Waals surface area contributed by atoms with Gasteiger partial charge in [-0.3, -0.25) is 25.2 Å². The van der Waals surface area contributed by atoms with Gasteiger partial charge in [0.05, 0.1) is 10.8 Å². The third-order valence-corrected chi connectivity index (χ3v) is 7.19. The molecular formula is C22H26N4O3. The van der Waals surface area contributed by atoms with E-state index in [4.69, 9.17) is 0 Å². The van der Waals surface area contributed by atoms with E-state index in [1.807, 2.05) is 0 Å². The van der Waals surface area contributed by atoms with Crippen LogP contribution in [0.1, 0.15) is 55.9 Å². The molecule has 4 bridgehead atoms. The number of fused-ring (bicyclic) bond motifs is 1. The number of hydrazine groups is 1. The molecule has 7 heteroatoms. The zero-order valence-electron chi connectivity index (χ0n) is 16.6. The van der Waals surface area contributed by atoms with Crippen molar-refractivity contribution < 1.29 is 9.59 Å². The molecule has 4 saturated carbocycles. The summed E-state index contributed by atoms with van der Waals surface area (Å²) in [5.74, 6) is 1.39. The first-order chi connectivity index (χ1) is 14.0. The third-order valence-electron chi connectivity index (χ3n) is 7.19. The number of amides is 2. The Labute approximate surface area is 168 Å². The van der Waals surface area contributed by atoms with Gasteiger partial charge in [0, 0.05) is 11.9 Å². The summed E-state index contributed by atoms with van der Waals surface area (Å²) in [6.07, 6.45) is 6.57. The number of aryl methyl sites for hydroxylation is 1. The summed E-state index contributed by atoms with van der Waals surface area (Å²) in [6, 6.07) is 6.93. The van der Waals surface area contributed by atoms with Crippen LogP contribution in [0.3, 0.4) is 0 Å². The van der Waals surface area contributed by atoms with Gasteiger partial charge < -0.3 is 0 Å². The average Bonchev–Trinajstić information content (AvgIpc) is 2.71. The molecule has 7 nitrogen and oxygen atoms in total. The van der Waals surface area contributed by atoms with Crippen molar-refractivity contribution in [3.8, 4) is 0 Å². The Bertz CT molecular complexity index is 1020. The lowest BCUT2D eigenvalue weighted by molar-refractivity contribution is -0.147. The van der Waals surface area contributed by atoms with Crippen LogP contribution in [0.2, 0.25) is 0 Å². The molecule has 2 amide bonds. The molecule has 1 aromatic heterocycles. The Morgan fingerprint density at radius 1 is 1.03 bits per heavy atom. The van der Waals surface area contributed by atoms with Crippen molar-refractivity contribution in [3.63, 3.8) is 0 Å². The molecule has 0 radical (unpaired) electrons. The quantitative estimate of drug-likeness (QED) is 0.782. The minimum Gasteiger partial charge on any atom is -0.273 e. The largest absolute Gasteiger partial charge is 0.290 e. The van der Waals surface area contributed by atoms with Crippen LogP contribution in [0, 0.1) is 23.2 Å². The Hall–Kier alpha value is -2.70. The van der Waals surface area contributed by atoms with E-state index in [2.05, 4.69) is 16.0 Å². The maximum absolute atomic E-state index is 13.1. The van der Waals surface area contributed by atoms with Crippen LogP contribution in [0.4, 0.5) is 0 Å². The van der Waals surface area contributed by atoms with Gasteiger partial charge in [0.15, 0.2) is 5.69 Å². The second-order valence-electron chi connectivity index (χ2n) is 9.12. The van der Waals surface area contributed by atoms with Gasteiger partial charge in [-0.2, -0.15) is 5.10 Å². The lowest BCUT2D eigenvalue weighted by Crippen LogP contribution is -2.56. The molecule has 1 aromatic carbocycles. The molecular weight excluding hydrogens is 368 g/mol. The molecule has 4 aliphatic rings. The van der Waals surface area contributed by atoms with E-state index >= 15 is 0 Å². The number of benzene rings is 1. The first-order valence-electron chi connectivity index (χ1n) is 10.6. The van der Waals surface area contributed by atoms with Crippen LogP contribution in [-0.2, 0) is 11.3 Å². The van der Waals surface area contributed by atoms with E-state index in [0.717, 1.165) is 19.3 Å². The van der Waals surface area contributed by atoms with E-state index in [-0.39, 0.29) is 22.6 Å². The fourth-order valence-corrected chi connectivity index (χ4v) is 6.31. The van der Waals surface area contributed by atoms with Crippen molar-refractivity contribution in [3.05, 3.63) is 40.3 Å². The van der Waals surface area contributed by atoms with Crippen molar-refractivity contribution in [2.75, 3.05) is 0 Å². The molecule has 0 aliphatic heterocycles. The molecule has 2 aromatic rings. The van der Waals surface area contributed by atoms with Crippen molar-refractivity contribution in [2.24, 2.45) is 23.2 Å². The molecule has 0 unspecified atom stereocenters. The number of aromatic nitrogens is 2. The number of carbonyl (C=O) groups is 2. The number of carbonyl (C=O) groups excluding carboxylic acids is 2. The number of nitrogens with one attached hydrogen (secondary N) is 2. The van der Waals surface area contributed by atoms with Crippen molar-refractivity contribution in [2.45, 2.75) is 52.0 Å². The SMILES string of the molecule is CCn1nc(C(=O)NNC(=O)C23CC4CC(CC(C4)C2)C3)c2ccccc2c1=O. The topological polar surface area (TPSA) is 93.1 Å². The van der Waals surface area contributed by atoms with Gasteiger partial charge in [0.2, 0.25) is 5.91 Å². The summed E-state index contributed by atoms with van der Waals surface area (Å²) in [6.45, 7) is 2.17. The molecule has 1 heterocycles. The highest BCUT2D eigenvalue weighted by Gasteiger charge is 2.54. The smallest absolute Gasteiger partial charge is 0.273 e. The Kier molecular flexibility index (Phi) is 4.22. The molecule has 0 spiro atoms. The van der Waals surface area contributed by atoms with Crippen LogP contribution in [0.25, 0.3) is 10.8 Å². The van der Waals surface area contributed by atoms with Gasteiger partial charge in [-0.1, -0.05) is 18.2 Å². The minimum absolute atomic E-state index is 0.0712. The fourth-order valence-electron chi connectivity index (χ4n) is 6.31. The van der Waals surface area contributed by atoms with Crippen LogP contribution in [0.15, 0.2) is 29.1 Å². The first kappa shape index (κ1) is 18.3. The van der Waals surface area contributed by atoms with Crippen LogP contribution >= 0.6 is 0 Å². The van der Waals surface area contributed by atoms with Crippen LogP contribution < -0.4 is 16.4 Å². The summed E-state index contributed by atoms with van der Waals surface area (Å²) in [7, 11) is 0. The normalized spacial score (nSPS) is 29.8. The van der Waals surface area contributed by atoms with Crippen LogP contribution in [0.5, 0.6) is 0 Å². The second kappa shape index (κ2) is 6.68. The highest BCUT2D eigenvalue weighted by Crippen LogP contribution is 2.60. The number of hydrogen-bond acceptors (Lipinski definition) is 4. The van der Waals surface area contributed by atoms with E-state index in [1.54, 1.807) is 31.2 Å². The van der Waals surface area contributed by atoms with E-state index in [9.17, 15) is 14.4 Å². The molecule has 152 valence electrons. The molecule has 2 N–H and O–H groups in total. The van der Waals surface area contributed by atoms with Crippen molar-refractivity contribution in [1.29, 1.82) is 0 Å². The van der Waals surface area contributed by atoms with Gasteiger partial charge in [-0.15, -0.1) is 0 Å². The van der Waals surface area contributed by atoms with Gasteiger partial charge in [0.25, 0.3) is 11.5 Å². The van der Waals surface area contributed by atoms with Gasteiger partial charge in [-0.25, -0.2) is 4.68 Å². The monoisotopic (exact) mass is 394 g/mol. The van der Waals surface area contributed by atoms with Crippen molar-refractivity contribution in [1.82, 2.24) is 20.6 Å². The molecule has 0 atom stereocenters. The highest BCUT2D eigenvalue weighted by molar-refractivity contribution is 6.05. The zero-order chi connectivity index (χ0) is 20.2. The van der Waals surface area contributed by atoms with Crippen molar-refractivity contribution >= 4 is 22.6 Å². The summed E-state index contributed by atoms with van der Waals surface area (Å²) in [5.41, 5.74) is 4.85. The summed E-state index contributed by atoms with van der Waals surface area (Å²) in [5, 5.41) is 5.17. The Morgan fingerprint density at radius 3 is 2.21 bits per heavy atom. The number of nitrogens with zero attached hydrogens (tertiary/aromatic N) is 2. The lowest BCUT2D eigenvalue weighted by Gasteiger charge is -2.55. The van der Waals surface area contributed by atoms with Gasteiger partial charge in [-0.05, 0) is 69.3 Å². The standard InChI is InChI=1S/C22H26N4O3/c1-2-26-20(28)17-6-4-3-5-16(17)18(25-26)19(27)23-24-21(29)22-10-13-7-14(11-22)9-15(8-13)12-22/h3-6,13-15H,2,7-12H2,1H3,(H,23,27)(H,24,29). The van der Waals surface area contributed by atoms with E-state index < -0.39 is 5.91 Å². The van der Waals surface area contributed by atoms with Gasteiger partial charge in [0.1, 0.15) is 0 Å². The zero-order valence-corrected chi connectivity index (χ0v) is 16.6. The predicted molar refractivity (Wildman–Crippen MR) is 108 cm³/mol. The Balaban J connectivity index is 1.37. The summed E-state index contributed by atoms with van der Waals surface area (Å²) >= 11 is 0. The maximum Gasteiger partial charge on any atom is 0.290 e. The Morgan fingerprint density at radius 2 is 1.62 bits per heavy atom. The second-order valence-corrected chi connectivity index (χ2v) is 9.12. The minimum atomic E-state index is -0.499. The molecule has 4 aliphatic carbocycles. The average molecular weight is 394 g/mol. The number of hydrogen-bond donors (Lipinski definition) is 2. The summed E-state index contributed by atoms with van der Waals surface area (Å²) < 4.78 is 1.28. The van der Waals surface area contributed by atoms with Crippen LogP contribution in [-0.4, -0.2) is 21.6 Å². The predicted octanol–water partition coefficient (Wildman–Crippen LogP) is 2.39. The van der Waals surface area contributed by atoms with Gasteiger partial charge >= 0.3 is 0 Å². The first-order valence-corrected chi connectivity index (χ1v) is 10.6. The van der Waals surface area contributed by atoms with E-state index in [1.165, 1.54) is 23.9 Å². The maximum atomic E-state index is 13.1. The highest BCUT2D eigenvalue weighted by atomic mass is 16.2. The molecule has 4 fully saturated rings. The summed E-state index contributed by atoms with van der Waals surface area (Å²) in [4.78, 5) is 38.4. The fraction of sp³-hybridized carbons (Fsp3) is 0.545. The molecule has 29 heavy (non-hydrogen) atoms. The van der Waals surface area contributed by atoms with E-state index in [0.29, 0.717) is 35.1 Å².